The third kappa shape index (κ3) is 4.63. The van der Waals surface area contributed by atoms with Gasteiger partial charge in [-0.05, 0) is 40.5 Å². The molecule has 0 saturated heterocycles. The minimum absolute atomic E-state index is 0.00808. The second-order valence-corrected chi connectivity index (χ2v) is 5.73. The summed E-state index contributed by atoms with van der Waals surface area (Å²) in [6, 6.07) is 7.60. The van der Waals surface area contributed by atoms with Crippen molar-refractivity contribution in [1.82, 2.24) is 25.5 Å². The van der Waals surface area contributed by atoms with Crippen molar-refractivity contribution in [3.05, 3.63) is 36.2 Å². The average Bonchev–Trinajstić information content (AvgIpc) is 3.01. The van der Waals surface area contributed by atoms with Gasteiger partial charge in [-0.1, -0.05) is 26.0 Å². The van der Waals surface area contributed by atoms with Crippen molar-refractivity contribution in [3.63, 3.8) is 0 Å². The first kappa shape index (κ1) is 16.1. The van der Waals surface area contributed by atoms with Gasteiger partial charge in [0.25, 0.3) is 0 Å². The van der Waals surface area contributed by atoms with E-state index in [0.29, 0.717) is 18.9 Å². The highest BCUT2D eigenvalue weighted by Gasteiger charge is 2.12. The van der Waals surface area contributed by atoms with Crippen LogP contribution in [0.3, 0.4) is 0 Å². The van der Waals surface area contributed by atoms with Crippen molar-refractivity contribution < 1.29 is 4.79 Å². The molecule has 118 valence electrons. The molecule has 2 aromatic rings. The van der Waals surface area contributed by atoms with Crippen LogP contribution in [0.1, 0.15) is 25.8 Å². The van der Waals surface area contributed by atoms with E-state index >= 15 is 0 Å². The summed E-state index contributed by atoms with van der Waals surface area (Å²) in [6.45, 7) is 4.70. The van der Waals surface area contributed by atoms with Crippen LogP contribution in [0, 0.1) is 5.92 Å². The van der Waals surface area contributed by atoms with Gasteiger partial charge >= 0.3 is 0 Å². The zero-order valence-electron chi connectivity index (χ0n) is 12.9. The highest BCUT2D eigenvalue weighted by atomic mass is 16.1. The molecule has 1 unspecified atom stereocenters. The summed E-state index contributed by atoms with van der Waals surface area (Å²) in [7, 11) is 0. The Labute approximate surface area is 129 Å². The normalized spacial score (nSPS) is 12.4. The number of aromatic nitrogens is 4. The number of nitrogens with zero attached hydrogens (tertiary/aromatic N) is 4. The van der Waals surface area contributed by atoms with Crippen LogP contribution < -0.4 is 11.1 Å². The van der Waals surface area contributed by atoms with Crippen molar-refractivity contribution in [2.45, 2.75) is 32.7 Å². The molecular formula is C15H22N6O. The van der Waals surface area contributed by atoms with E-state index in [1.807, 2.05) is 24.3 Å². The largest absolute Gasteiger partial charge is 0.352 e. The van der Waals surface area contributed by atoms with Crippen LogP contribution in [0.15, 0.2) is 30.6 Å². The fourth-order valence-electron chi connectivity index (χ4n) is 2.29. The second-order valence-electron chi connectivity index (χ2n) is 5.73. The Morgan fingerprint density at radius 2 is 2.05 bits per heavy atom. The number of amides is 1. The van der Waals surface area contributed by atoms with Gasteiger partial charge in [0.2, 0.25) is 5.91 Å². The predicted molar refractivity (Wildman–Crippen MR) is 83.3 cm³/mol. The summed E-state index contributed by atoms with van der Waals surface area (Å²) in [5, 5.41) is 14.0. The molecule has 0 fully saturated rings. The molecule has 0 spiro atoms. The number of carbonyl (C=O) groups is 1. The molecule has 2 rings (SSSR count). The van der Waals surface area contributed by atoms with Crippen molar-refractivity contribution in [3.8, 4) is 5.69 Å². The third-order valence-electron chi connectivity index (χ3n) is 3.32. The van der Waals surface area contributed by atoms with Gasteiger partial charge in [0.1, 0.15) is 6.33 Å². The molecule has 1 amide bonds. The number of benzene rings is 1. The van der Waals surface area contributed by atoms with Gasteiger partial charge in [-0.25, -0.2) is 4.68 Å². The number of carbonyl (C=O) groups excluding carboxylic acids is 1. The van der Waals surface area contributed by atoms with E-state index in [1.165, 1.54) is 6.33 Å². The van der Waals surface area contributed by atoms with Crippen LogP contribution in [0.4, 0.5) is 0 Å². The molecule has 0 aliphatic carbocycles. The average molecular weight is 302 g/mol. The SMILES string of the molecule is CC(C)CC(CN)NC(=O)Cc1ccc(-n2cnnn2)cc1. The lowest BCUT2D eigenvalue weighted by atomic mass is 10.0. The Hall–Kier alpha value is -2.28. The monoisotopic (exact) mass is 302 g/mol. The Balaban J connectivity index is 1.91. The Bertz CT molecular complexity index is 579. The Morgan fingerprint density at radius 3 is 2.59 bits per heavy atom. The summed E-state index contributed by atoms with van der Waals surface area (Å²) in [4.78, 5) is 12.1. The third-order valence-corrected chi connectivity index (χ3v) is 3.32. The molecule has 1 aromatic carbocycles. The van der Waals surface area contributed by atoms with Crippen molar-refractivity contribution >= 4 is 5.91 Å². The van der Waals surface area contributed by atoms with Crippen LogP contribution >= 0.6 is 0 Å². The van der Waals surface area contributed by atoms with Gasteiger partial charge in [-0.3, -0.25) is 4.79 Å². The molecule has 1 aromatic heterocycles. The molecule has 1 atom stereocenters. The van der Waals surface area contributed by atoms with Gasteiger partial charge in [0, 0.05) is 12.6 Å². The van der Waals surface area contributed by atoms with Crippen LogP contribution in [0.25, 0.3) is 5.69 Å². The van der Waals surface area contributed by atoms with Crippen LogP contribution in [-0.4, -0.2) is 38.7 Å². The molecule has 3 N–H and O–H groups in total. The van der Waals surface area contributed by atoms with E-state index in [0.717, 1.165) is 17.7 Å². The number of nitrogens with one attached hydrogen (secondary N) is 1. The highest BCUT2D eigenvalue weighted by molar-refractivity contribution is 5.78. The fourth-order valence-corrected chi connectivity index (χ4v) is 2.29. The lowest BCUT2D eigenvalue weighted by Gasteiger charge is -2.18. The number of nitrogens with two attached hydrogens (primary N) is 1. The van der Waals surface area contributed by atoms with E-state index in [1.54, 1.807) is 4.68 Å². The van der Waals surface area contributed by atoms with Crippen LogP contribution in [-0.2, 0) is 11.2 Å². The summed E-state index contributed by atoms with van der Waals surface area (Å²) in [6.07, 6.45) is 2.75. The van der Waals surface area contributed by atoms with Crippen molar-refractivity contribution in [2.24, 2.45) is 11.7 Å². The molecule has 0 bridgehead atoms. The molecule has 7 heteroatoms. The van der Waals surface area contributed by atoms with Crippen LogP contribution in [0.5, 0.6) is 0 Å². The van der Waals surface area contributed by atoms with Gasteiger partial charge in [-0.15, -0.1) is 5.10 Å². The second kappa shape index (κ2) is 7.65. The first-order valence-electron chi connectivity index (χ1n) is 7.40. The Morgan fingerprint density at radius 1 is 1.32 bits per heavy atom. The molecule has 22 heavy (non-hydrogen) atoms. The number of hydrogen-bond donors (Lipinski definition) is 2. The summed E-state index contributed by atoms with van der Waals surface area (Å²) in [5.74, 6) is 0.496. The molecule has 7 nitrogen and oxygen atoms in total. The standard InChI is InChI=1S/C15H22N6O/c1-11(2)7-13(9-16)18-15(22)8-12-3-5-14(6-4-12)21-10-17-19-20-21/h3-6,10-11,13H,7-9,16H2,1-2H3,(H,18,22). The summed E-state index contributed by atoms with van der Waals surface area (Å²) in [5.41, 5.74) is 7.50. The zero-order valence-corrected chi connectivity index (χ0v) is 12.9. The van der Waals surface area contributed by atoms with Gasteiger partial charge in [-0.2, -0.15) is 0 Å². The maximum atomic E-state index is 12.1. The quantitative estimate of drug-likeness (QED) is 0.784. The van der Waals surface area contributed by atoms with E-state index in [2.05, 4.69) is 34.7 Å². The molecule has 0 aliphatic heterocycles. The summed E-state index contributed by atoms with van der Waals surface area (Å²) < 4.78 is 1.57. The Kier molecular flexibility index (Phi) is 5.60. The van der Waals surface area contributed by atoms with E-state index < -0.39 is 0 Å². The minimum atomic E-state index is -0.00808. The van der Waals surface area contributed by atoms with Crippen molar-refractivity contribution in [2.75, 3.05) is 6.54 Å². The zero-order chi connectivity index (χ0) is 15.9. The van der Waals surface area contributed by atoms with E-state index in [9.17, 15) is 4.79 Å². The topological polar surface area (TPSA) is 98.7 Å². The lowest BCUT2D eigenvalue weighted by molar-refractivity contribution is -0.121. The van der Waals surface area contributed by atoms with Gasteiger partial charge in [0.15, 0.2) is 0 Å². The first-order chi connectivity index (χ1) is 10.6. The molecule has 0 radical (unpaired) electrons. The van der Waals surface area contributed by atoms with Gasteiger partial charge < -0.3 is 11.1 Å². The van der Waals surface area contributed by atoms with Crippen LogP contribution in [0.2, 0.25) is 0 Å². The maximum absolute atomic E-state index is 12.1. The number of tetrazole rings is 1. The molecule has 0 aliphatic rings. The van der Waals surface area contributed by atoms with Gasteiger partial charge in [0.05, 0.1) is 12.1 Å². The fraction of sp³-hybridized carbons (Fsp3) is 0.467. The van der Waals surface area contributed by atoms with E-state index in [-0.39, 0.29) is 11.9 Å². The van der Waals surface area contributed by atoms with E-state index in [4.69, 9.17) is 5.73 Å². The highest BCUT2D eigenvalue weighted by Crippen LogP contribution is 2.09. The summed E-state index contributed by atoms with van der Waals surface area (Å²) >= 11 is 0. The smallest absolute Gasteiger partial charge is 0.224 e. The molecular weight excluding hydrogens is 280 g/mol. The van der Waals surface area contributed by atoms with Crippen molar-refractivity contribution in [1.29, 1.82) is 0 Å². The lowest BCUT2D eigenvalue weighted by Crippen LogP contribution is -2.41. The molecule has 1 heterocycles. The predicted octanol–water partition coefficient (Wildman–Crippen LogP) is 0.694. The minimum Gasteiger partial charge on any atom is -0.352 e. The first-order valence-corrected chi connectivity index (χ1v) is 7.40. The number of hydrogen-bond acceptors (Lipinski definition) is 5. The number of rotatable bonds is 7. The maximum Gasteiger partial charge on any atom is 0.224 e. The molecule has 0 saturated carbocycles.